The molecule has 0 bridgehead atoms. The summed E-state index contributed by atoms with van der Waals surface area (Å²) in [5, 5.41) is 11.7. The maximum Gasteiger partial charge on any atom is 0.273 e. The predicted octanol–water partition coefficient (Wildman–Crippen LogP) is -0.983. The minimum Gasteiger partial charge on any atom is -0.389 e. The summed E-state index contributed by atoms with van der Waals surface area (Å²) in [6.45, 7) is 1.01. The average Bonchev–Trinajstić information content (AvgIpc) is 2.24. The Morgan fingerprint density at radius 3 is 2.80 bits per heavy atom. The third-order valence-corrected chi connectivity index (χ3v) is 2.28. The molecule has 0 radical (unpaired) electrons. The quantitative estimate of drug-likeness (QED) is 0.653. The number of nitrogens with zero attached hydrogens (tertiary/aromatic N) is 3. The summed E-state index contributed by atoms with van der Waals surface area (Å²) in [5.41, 5.74) is 0.298. The fourth-order valence-electron chi connectivity index (χ4n) is 1.47. The SMILES string of the molecule is CNC(=O)c1nccnc1N1CC(O)C1. The second kappa shape index (κ2) is 3.82. The van der Waals surface area contributed by atoms with Crippen LogP contribution in [0.5, 0.6) is 0 Å². The van der Waals surface area contributed by atoms with Gasteiger partial charge in [-0.3, -0.25) is 4.79 Å². The third kappa shape index (κ3) is 1.75. The first-order valence-electron chi connectivity index (χ1n) is 4.68. The molecule has 15 heavy (non-hydrogen) atoms. The summed E-state index contributed by atoms with van der Waals surface area (Å²) >= 11 is 0. The molecular formula is C9H12N4O2. The number of carbonyl (C=O) groups is 1. The number of nitrogens with one attached hydrogen (secondary N) is 1. The predicted molar refractivity (Wildman–Crippen MR) is 53.6 cm³/mol. The number of amides is 1. The van der Waals surface area contributed by atoms with Gasteiger partial charge in [-0.05, 0) is 0 Å². The van der Waals surface area contributed by atoms with Gasteiger partial charge in [0.2, 0.25) is 0 Å². The second-order valence-corrected chi connectivity index (χ2v) is 3.37. The lowest BCUT2D eigenvalue weighted by atomic mass is 10.1. The average molecular weight is 208 g/mol. The Bertz CT molecular complexity index is 376. The summed E-state index contributed by atoms with van der Waals surface area (Å²) in [4.78, 5) is 21.4. The maximum absolute atomic E-state index is 11.5. The maximum atomic E-state index is 11.5. The van der Waals surface area contributed by atoms with Crippen LogP contribution in [0.2, 0.25) is 0 Å². The van der Waals surface area contributed by atoms with E-state index in [1.165, 1.54) is 12.4 Å². The number of aliphatic hydroxyl groups excluding tert-OH is 1. The fourth-order valence-corrected chi connectivity index (χ4v) is 1.47. The van der Waals surface area contributed by atoms with Crippen LogP contribution in [0.1, 0.15) is 10.5 Å². The van der Waals surface area contributed by atoms with E-state index in [0.29, 0.717) is 24.6 Å². The van der Waals surface area contributed by atoms with E-state index in [4.69, 9.17) is 0 Å². The molecule has 6 nitrogen and oxygen atoms in total. The van der Waals surface area contributed by atoms with Gasteiger partial charge in [-0.2, -0.15) is 0 Å². The summed E-state index contributed by atoms with van der Waals surface area (Å²) in [7, 11) is 1.55. The zero-order chi connectivity index (χ0) is 10.8. The van der Waals surface area contributed by atoms with E-state index in [1.54, 1.807) is 7.05 Å². The Morgan fingerprint density at radius 2 is 2.20 bits per heavy atom. The highest BCUT2D eigenvalue weighted by molar-refractivity contribution is 5.96. The van der Waals surface area contributed by atoms with E-state index in [9.17, 15) is 9.90 Å². The number of carbonyl (C=O) groups excluding carboxylic acids is 1. The Kier molecular flexibility index (Phi) is 2.51. The summed E-state index contributed by atoms with van der Waals surface area (Å²) in [6.07, 6.45) is 2.68. The number of rotatable bonds is 2. The van der Waals surface area contributed by atoms with Crippen molar-refractivity contribution in [1.29, 1.82) is 0 Å². The van der Waals surface area contributed by atoms with Crippen LogP contribution in [0, 0.1) is 0 Å². The highest BCUT2D eigenvalue weighted by atomic mass is 16.3. The van der Waals surface area contributed by atoms with E-state index in [-0.39, 0.29) is 12.0 Å². The van der Waals surface area contributed by atoms with Crippen molar-refractivity contribution in [2.24, 2.45) is 0 Å². The van der Waals surface area contributed by atoms with E-state index in [0.717, 1.165) is 0 Å². The third-order valence-electron chi connectivity index (χ3n) is 2.28. The van der Waals surface area contributed by atoms with Crippen molar-refractivity contribution in [3.05, 3.63) is 18.1 Å². The number of aliphatic hydroxyl groups is 1. The Morgan fingerprint density at radius 1 is 1.53 bits per heavy atom. The van der Waals surface area contributed by atoms with Crippen molar-refractivity contribution in [3.8, 4) is 0 Å². The number of aromatic nitrogens is 2. The number of anilines is 1. The van der Waals surface area contributed by atoms with Gasteiger partial charge in [0.05, 0.1) is 6.10 Å². The monoisotopic (exact) mass is 208 g/mol. The minimum atomic E-state index is -0.329. The van der Waals surface area contributed by atoms with Crippen LogP contribution < -0.4 is 10.2 Å². The Labute approximate surface area is 87.0 Å². The molecular weight excluding hydrogens is 196 g/mol. The van der Waals surface area contributed by atoms with Gasteiger partial charge in [0, 0.05) is 32.5 Å². The molecule has 2 heterocycles. The Balaban J connectivity index is 2.26. The lowest BCUT2D eigenvalue weighted by Crippen LogP contribution is -2.52. The normalized spacial score (nSPS) is 16.0. The second-order valence-electron chi connectivity index (χ2n) is 3.37. The number of β-amino-alcohol motifs (C(OH)–C–C–N with tert-alkyl or cyclic N) is 1. The van der Waals surface area contributed by atoms with Gasteiger partial charge in [0.1, 0.15) is 0 Å². The summed E-state index contributed by atoms with van der Waals surface area (Å²) in [6, 6.07) is 0. The van der Waals surface area contributed by atoms with Crippen LogP contribution in [0.3, 0.4) is 0 Å². The van der Waals surface area contributed by atoms with Gasteiger partial charge < -0.3 is 15.3 Å². The van der Waals surface area contributed by atoms with Gasteiger partial charge in [-0.15, -0.1) is 0 Å². The summed E-state index contributed by atoms with van der Waals surface area (Å²) in [5.74, 6) is 0.265. The molecule has 0 aliphatic carbocycles. The van der Waals surface area contributed by atoms with Gasteiger partial charge in [0.25, 0.3) is 5.91 Å². The van der Waals surface area contributed by atoms with Gasteiger partial charge in [-0.1, -0.05) is 0 Å². The van der Waals surface area contributed by atoms with Crippen LogP contribution in [-0.4, -0.2) is 47.2 Å². The van der Waals surface area contributed by atoms with Crippen LogP contribution in [0.25, 0.3) is 0 Å². The van der Waals surface area contributed by atoms with Crippen LogP contribution in [-0.2, 0) is 0 Å². The molecule has 1 fully saturated rings. The van der Waals surface area contributed by atoms with E-state index < -0.39 is 0 Å². The molecule has 1 aliphatic rings. The van der Waals surface area contributed by atoms with E-state index >= 15 is 0 Å². The van der Waals surface area contributed by atoms with E-state index in [2.05, 4.69) is 15.3 Å². The van der Waals surface area contributed by atoms with Crippen molar-refractivity contribution in [3.63, 3.8) is 0 Å². The summed E-state index contributed by atoms with van der Waals surface area (Å²) < 4.78 is 0. The molecule has 0 saturated carbocycles. The molecule has 0 aromatic carbocycles. The smallest absolute Gasteiger partial charge is 0.273 e. The van der Waals surface area contributed by atoms with E-state index in [1.807, 2.05) is 4.90 Å². The molecule has 0 unspecified atom stereocenters. The van der Waals surface area contributed by atoms with Gasteiger partial charge in [0.15, 0.2) is 11.5 Å². The zero-order valence-corrected chi connectivity index (χ0v) is 8.34. The van der Waals surface area contributed by atoms with Crippen molar-refractivity contribution in [2.45, 2.75) is 6.10 Å². The molecule has 1 aliphatic heterocycles. The zero-order valence-electron chi connectivity index (χ0n) is 8.34. The molecule has 1 amide bonds. The van der Waals surface area contributed by atoms with Crippen LogP contribution in [0.15, 0.2) is 12.4 Å². The molecule has 6 heteroatoms. The minimum absolute atomic E-state index is 0.264. The molecule has 1 aromatic rings. The molecule has 2 N–H and O–H groups in total. The first-order chi connectivity index (χ1) is 7.22. The van der Waals surface area contributed by atoms with Crippen molar-refractivity contribution in [2.75, 3.05) is 25.0 Å². The van der Waals surface area contributed by atoms with Crippen LogP contribution >= 0.6 is 0 Å². The van der Waals surface area contributed by atoms with Crippen molar-refractivity contribution < 1.29 is 9.90 Å². The largest absolute Gasteiger partial charge is 0.389 e. The highest BCUT2D eigenvalue weighted by Crippen LogP contribution is 2.20. The highest BCUT2D eigenvalue weighted by Gasteiger charge is 2.29. The van der Waals surface area contributed by atoms with Crippen molar-refractivity contribution >= 4 is 11.7 Å². The number of hydrogen-bond donors (Lipinski definition) is 2. The van der Waals surface area contributed by atoms with Gasteiger partial charge >= 0.3 is 0 Å². The lowest BCUT2D eigenvalue weighted by Gasteiger charge is -2.37. The number of hydrogen-bond acceptors (Lipinski definition) is 5. The molecule has 1 saturated heterocycles. The lowest BCUT2D eigenvalue weighted by molar-refractivity contribution is 0.0955. The molecule has 80 valence electrons. The molecule has 1 aromatic heterocycles. The standard InChI is InChI=1S/C9H12N4O2/c1-10-9(15)7-8(12-3-2-11-7)13-4-6(14)5-13/h2-3,6,14H,4-5H2,1H3,(H,10,15). The van der Waals surface area contributed by atoms with Crippen molar-refractivity contribution in [1.82, 2.24) is 15.3 Å². The first-order valence-corrected chi connectivity index (χ1v) is 4.68. The molecule has 2 rings (SSSR count). The molecule has 0 atom stereocenters. The fraction of sp³-hybridized carbons (Fsp3) is 0.444. The molecule has 0 spiro atoms. The van der Waals surface area contributed by atoms with Gasteiger partial charge in [-0.25, -0.2) is 9.97 Å². The first kappa shape index (κ1) is 9.85. The topological polar surface area (TPSA) is 78.4 Å². The van der Waals surface area contributed by atoms with Crippen LogP contribution in [0.4, 0.5) is 5.82 Å². The Hall–Kier alpha value is -1.69.